The van der Waals surface area contributed by atoms with Gasteiger partial charge in [-0.25, -0.2) is 0 Å². The molecular weight excluding hydrogens is 240 g/mol. The van der Waals surface area contributed by atoms with E-state index >= 15 is 0 Å². The van der Waals surface area contributed by atoms with Gasteiger partial charge in [-0.05, 0) is 42.5 Å². The fourth-order valence-electron chi connectivity index (χ4n) is 1.47. The lowest BCUT2D eigenvalue weighted by molar-refractivity contribution is 0.104. The van der Waals surface area contributed by atoms with E-state index in [4.69, 9.17) is 11.6 Å². The van der Waals surface area contributed by atoms with Crippen molar-refractivity contribution in [1.29, 1.82) is 0 Å². The SMILES string of the molecule is Cc1ccc(C(=O)c2sccc2C)cc1Cl. The summed E-state index contributed by atoms with van der Waals surface area (Å²) in [5, 5.41) is 2.57. The van der Waals surface area contributed by atoms with Crippen molar-refractivity contribution in [2.24, 2.45) is 0 Å². The number of thiophene rings is 1. The summed E-state index contributed by atoms with van der Waals surface area (Å²) in [5.74, 6) is 0.0504. The molecule has 0 aliphatic heterocycles. The Bertz CT molecular complexity index is 543. The number of rotatable bonds is 2. The van der Waals surface area contributed by atoms with Gasteiger partial charge in [0.05, 0.1) is 4.88 Å². The van der Waals surface area contributed by atoms with Crippen LogP contribution in [-0.2, 0) is 0 Å². The van der Waals surface area contributed by atoms with E-state index in [1.54, 1.807) is 6.07 Å². The van der Waals surface area contributed by atoms with E-state index < -0.39 is 0 Å². The molecule has 0 aliphatic carbocycles. The molecule has 0 unspecified atom stereocenters. The van der Waals surface area contributed by atoms with Gasteiger partial charge in [-0.15, -0.1) is 11.3 Å². The Kier molecular flexibility index (Phi) is 3.13. The van der Waals surface area contributed by atoms with E-state index in [0.29, 0.717) is 10.6 Å². The van der Waals surface area contributed by atoms with Crippen molar-refractivity contribution in [2.75, 3.05) is 0 Å². The van der Waals surface area contributed by atoms with Crippen LogP contribution in [0.25, 0.3) is 0 Å². The van der Waals surface area contributed by atoms with Crippen LogP contribution in [0, 0.1) is 13.8 Å². The Balaban J connectivity index is 2.42. The highest BCUT2D eigenvalue weighted by Gasteiger charge is 2.13. The van der Waals surface area contributed by atoms with Crippen molar-refractivity contribution in [2.45, 2.75) is 13.8 Å². The fourth-order valence-corrected chi connectivity index (χ4v) is 2.54. The largest absolute Gasteiger partial charge is 0.288 e. The molecule has 0 bridgehead atoms. The normalized spacial score (nSPS) is 10.4. The maximum Gasteiger partial charge on any atom is 0.203 e. The number of ketones is 1. The van der Waals surface area contributed by atoms with Crippen molar-refractivity contribution in [3.63, 3.8) is 0 Å². The molecule has 0 saturated heterocycles. The summed E-state index contributed by atoms with van der Waals surface area (Å²) in [5.41, 5.74) is 2.66. The number of hydrogen-bond donors (Lipinski definition) is 0. The Morgan fingerprint density at radius 3 is 2.50 bits per heavy atom. The smallest absolute Gasteiger partial charge is 0.203 e. The summed E-state index contributed by atoms with van der Waals surface area (Å²) < 4.78 is 0. The Hall–Kier alpha value is -1.12. The second-order valence-electron chi connectivity index (χ2n) is 3.73. The highest BCUT2D eigenvalue weighted by molar-refractivity contribution is 7.12. The van der Waals surface area contributed by atoms with Crippen LogP contribution in [0.15, 0.2) is 29.6 Å². The molecule has 1 aromatic carbocycles. The zero-order chi connectivity index (χ0) is 11.7. The molecule has 0 atom stereocenters. The first-order chi connectivity index (χ1) is 7.59. The predicted molar refractivity (Wildman–Crippen MR) is 68.7 cm³/mol. The molecule has 0 amide bonds. The highest BCUT2D eigenvalue weighted by Crippen LogP contribution is 2.23. The highest BCUT2D eigenvalue weighted by atomic mass is 35.5. The van der Waals surface area contributed by atoms with Gasteiger partial charge in [-0.1, -0.05) is 23.7 Å². The molecule has 1 nitrogen and oxygen atoms in total. The third-order valence-electron chi connectivity index (χ3n) is 2.50. The standard InChI is InChI=1S/C13H11ClOS/c1-8-3-4-10(7-11(8)14)12(15)13-9(2)5-6-16-13/h3-7H,1-2H3. The Labute approximate surface area is 104 Å². The van der Waals surface area contributed by atoms with E-state index in [9.17, 15) is 4.79 Å². The van der Waals surface area contributed by atoms with Gasteiger partial charge >= 0.3 is 0 Å². The topological polar surface area (TPSA) is 17.1 Å². The first-order valence-electron chi connectivity index (χ1n) is 4.94. The lowest BCUT2D eigenvalue weighted by Gasteiger charge is -2.02. The van der Waals surface area contributed by atoms with Gasteiger partial charge in [0.25, 0.3) is 0 Å². The van der Waals surface area contributed by atoms with E-state index in [0.717, 1.165) is 16.0 Å². The van der Waals surface area contributed by atoms with Crippen molar-refractivity contribution in [3.05, 3.63) is 56.2 Å². The first kappa shape index (κ1) is 11.4. The second-order valence-corrected chi connectivity index (χ2v) is 5.05. The van der Waals surface area contributed by atoms with Crippen LogP contribution in [0.5, 0.6) is 0 Å². The van der Waals surface area contributed by atoms with Crippen LogP contribution >= 0.6 is 22.9 Å². The molecule has 1 aromatic heterocycles. The molecule has 0 N–H and O–H groups in total. The Morgan fingerprint density at radius 1 is 1.19 bits per heavy atom. The molecule has 0 aliphatic rings. The molecule has 3 heteroatoms. The third kappa shape index (κ3) is 2.04. The lowest BCUT2D eigenvalue weighted by atomic mass is 10.1. The van der Waals surface area contributed by atoms with Crippen LogP contribution < -0.4 is 0 Å². The van der Waals surface area contributed by atoms with Gasteiger partial charge < -0.3 is 0 Å². The molecule has 1 heterocycles. The van der Waals surface area contributed by atoms with Crippen LogP contribution in [-0.4, -0.2) is 5.78 Å². The van der Waals surface area contributed by atoms with Crippen LogP contribution in [0.4, 0.5) is 0 Å². The van der Waals surface area contributed by atoms with Crippen molar-refractivity contribution in [1.82, 2.24) is 0 Å². The number of aryl methyl sites for hydroxylation is 2. The van der Waals surface area contributed by atoms with Gasteiger partial charge in [0.15, 0.2) is 0 Å². The minimum absolute atomic E-state index is 0.0504. The summed E-state index contributed by atoms with van der Waals surface area (Å²) in [6.45, 7) is 3.87. The summed E-state index contributed by atoms with van der Waals surface area (Å²) in [7, 11) is 0. The molecule has 2 aromatic rings. The van der Waals surface area contributed by atoms with Crippen LogP contribution in [0.2, 0.25) is 5.02 Å². The summed E-state index contributed by atoms with van der Waals surface area (Å²) in [4.78, 5) is 12.9. The van der Waals surface area contributed by atoms with Crippen molar-refractivity contribution < 1.29 is 4.79 Å². The number of carbonyl (C=O) groups excluding carboxylic acids is 1. The third-order valence-corrected chi connectivity index (χ3v) is 3.92. The van der Waals surface area contributed by atoms with Crippen LogP contribution in [0.1, 0.15) is 26.4 Å². The van der Waals surface area contributed by atoms with E-state index in [1.165, 1.54) is 11.3 Å². The fraction of sp³-hybridized carbons (Fsp3) is 0.154. The number of halogens is 1. The molecule has 0 spiro atoms. The monoisotopic (exact) mass is 250 g/mol. The molecule has 2 rings (SSSR count). The van der Waals surface area contributed by atoms with Gasteiger partial charge in [-0.2, -0.15) is 0 Å². The molecule has 0 fully saturated rings. The van der Waals surface area contributed by atoms with E-state index in [-0.39, 0.29) is 5.78 Å². The number of carbonyl (C=O) groups is 1. The molecule has 82 valence electrons. The maximum atomic E-state index is 12.1. The molecule has 0 saturated carbocycles. The molecular formula is C13H11ClOS. The minimum atomic E-state index is 0.0504. The minimum Gasteiger partial charge on any atom is -0.288 e. The van der Waals surface area contributed by atoms with Gasteiger partial charge in [-0.3, -0.25) is 4.79 Å². The van der Waals surface area contributed by atoms with Gasteiger partial charge in [0.2, 0.25) is 5.78 Å². The predicted octanol–water partition coefficient (Wildman–Crippen LogP) is 4.25. The molecule has 16 heavy (non-hydrogen) atoms. The second kappa shape index (κ2) is 4.40. The molecule has 0 radical (unpaired) electrons. The van der Waals surface area contributed by atoms with Crippen molar-refractivity contribution in [3.8, 4) is 0 Å². The maximum absolute atomic E-state index is 12.1. The number of benzene rings is 1. The van der Waals surface area contributed by atoms with Gasteiger partial charge in [0.1, 0.15) is 0 Å². The lowest BCUT2D eigenvalue weighted by Crippen LogP contribution is -2.00. The zero-order valence-electron chi connectivity index (χ0n) is 9.08. The van der Waals surface area contributed by atoms with Gasteiger partial charge in [0, 0.05) is 10.6 Å². The summed E-state index contributed by atoms with van der Waals surface area (Å²) in [6, 6.07) is 7.38. The van der Waals surface area contributed by atoms with E-state index in [2.05, 4.69) is 0 Å². The summed E-state index contributed by atoms with van der Waals surface area (Å²) in [6.07, 6.45) is 0. The average molecular weight is 251 g/mol. The Morgan fingerprint density at radius 2 is 1.94 bits per heavy atom. The first-order valence-corrected chi connectivity index (χ1v) is 6.20. The average Bonchev–Trinajstić information content (AvgIpc) is 2.67. The zero-order valence-corrected chi connectivity index (χ0v) is 10.7. The number of hydrogen-bond acceptors (Lipinski definition) is 2. The summed E-state index contributed by atoms with van der Waals surface area (Å²) >= 11 is 7.48. The van der Waals surface area contributed by atoms with Crippen LogP contribution in [0.3, 0.4) is 0 Å². The van der Waals surface area contributed by atoms with E-state index in [1.807, 2.05) is 37.4 Å². The quantitative estimate of drug-likeness (QED) is 0.729. The van der Waals surface area contributed by atoms with Crippen molar-refractivity contribution >= 4 is 28.7 Å².